The molecule has 0 fully saturated rings. The van der Waals surface area contributed by atoms with Crippen LogP contribution < -0.4 is 4.74 Å². The number of ketones is 1. The molecule has 0 heterocycles. The molecule has 9 heteroatoms. The summed E-state index contributed by atoms with van der Waals surface area (Å²) in [6.45, 7) is 0.976. The molecule has 0 amide bonds. The molecule has 0 spiro atoms. The van der Waals surface area contributed by atoms with Crippen LogP contribution in [0.15, 0.2) is 30.3 Å². The van der Waals surface area contributed by atoms with Crippen LogP contribution in [-0.4, -0.2) is 30.4 Å². The summed E-state index contributed by atoms with van der Waals surface area (Å²) in [5.41, 5.74) is 0.353. The second-order valence-corrected chi connectivity index (χ2v) is 6.05. The minimum atomic E-state index is -0.814. The largest absolute Gasteiger partial charge is 0.494 e. The number of hydrogen-bond donors (Lipinski definition) is 0. The number of nitrogens with zero attached hydrogens (tertiary/aromatic N) is 1. The molecular weight excluding hydrogens is 385 g/mol. The fourth-order valence-corrected chi connectivity index (χ4v) is 2.79. The summed E-state index contributed by atoms with van der Waals surface area (Å²) in [5.74, 6) is -1.17. The molecule has 26 heavy (non-hydrogen) atoms. The van der Waals surface area contributed by atoms with Gasteiger partial charge in [-0.3, -0.25) is 14.9 Å². The summed E-state index contributed by atoms with van der Waals surface area (Å²) in [4.78, 5) is 34.6. The number of carbonyl (C=O) groups excluding carboxylic acids is 2. The first kappa shape index (κ1) is 19.7. The van der Waals surface area contributed by atoms with Crippen LogP contribution in [0.1, 0.15) is 26.3 Å². The van der Waals surface area contributed by atoms with Crippen molar-refractivity contribution in [3.63, 3.8) is 0 Å². The molecule has 0 bridgehead atoms. The number of rotatable bonds is 6. The number of nitro benzene ring substituents is 1. The van der Waals surface area contributed by atoms with E-state index in [2.05, 4.69) is 0 Å². The van der Waals surface area contributed by atoms with Crippen LogP contribution in [0.25, 0.3) is 0 Å². The molecule has 2 aromatic carbocycles. The Balaban J connectivity index is 2.11. The first-order valence-electron chi connectivity index (χ1n) is 7.23. The van der Waals surface area contributed by atoms with E-state index in [-0.39, 0.29) is 32.6 Å². The van der Waals surface area contributed by atoms with Crippen molar-refractivity contribution in [3.8, 4) is 5.75 Å². The highest BCUT2D eigenvalue weighted by Crippen LogP contribution is 2.34. The van der Waals surface area contributed by atoms with Crippen LogP contribution in [0.3, 0.4) is 0 Å². The Bertz CT molecular complexity index is 874. The quantitative estimate of drug-likeness (QED) is 0.312. The lowest BCUT2D eigenvalue weighted by Gasteiger charge is -2.09. The number of aryl methyl sites for hydroxylation is 1. The van der Waals surface area contributed by atoms with Gasteiger partial charge in [-0.15, -0.1) is 0 Å². The Morgan fingerprint density at radius 3 is 2.27 bits per heavy atom. The molecule has 2 aromatic rings. The van der Waals surface area contributed by atoms with Crippen molar-refractivity contribution in [2.24, 2.45) is 0 Å². The van der Waals surface area contributed by atoms with Crippen LogP contribution >= 0.6 is 23.2 Å². The third-order valence-electron chi connectivity index (χ3n) is 3.50. The number of halogens is 2. The number of Topliss-reactive ketones (excluding diaryl/α,β-unsaturated/α-hetero) is 1. The molecule has 7 nitrogen and oxygen atoms in total. The van der Waals surface area contributed by atoms with Crippen LogP contribution in [0, 0.1) is 17.0 Å². The molecule has 0 aromatic heterocycles. The lowest BCUT2D eigenvalue weighted by molar-refractivity contribution is -0.385. The summed E-state index contributed by atoms with van der Waals surface area (Å²) in [7, 11) is 1.38. The van der Waals surface area contributed by atoms with Crippen LogP contribution in [0.2, 0.25) is 10.0 Å². The van der Waals surface area contributed by atoms with E-state index in [9.17, 15) is 19.7 Å². The van der Waals surface area contributed by atoms with E-state index < -0.39 is 23.3 Å². The van der Waals surface area contributed by atoms with Crippen molar-refractivity contribution in [2.45, 2.75) is 6.92 Å². The Kier molecular flexibility index (Phi) is 6.18. The van der Waals surface area contributed by atoms with Gasteiger partial charge in [0.2, 0.25) is 5.78 Å². The summed E-state index contributed by atoms with van der Waals surface area (Å²) >= 11 is 11.9. The zero-order valence-electron chi connectivity index (χ0n) is 13.7. The second-order valence-electron chi connectivity index (χ2n) is 5.23. The number of nitro groups is 1. The van der Waals surface area contributed by atoms with Gasteiger partial charge in [-0.2, -0.15) is 0 Å². The Morgan fingerprint density at radius 2 is 1.73 bits per heavy atom. The van der Waals surface area contributed by atoms with E-state index in [0.717, 1.165) is 6.07 Å². The van der Waals surface area contributed by atoms with Gasteiger partial charge in [0.25, 0.3) is 5.69 Å². The fraction of sp³-hybridized carbons (Fsp3) is 0.176. The SMILES string of the molecule is COc1c(Cl)cc(C(=O)OCC(=O)c2ccc(C)c([N+](=O)[O-])c2)cc1Cl. The minimum absolute atomic E-state index is 0.0449. The average molecular weight is 398 g/mol. The monoisotopic (exact) mass is 397 g/mol. The van der Waals surface area contributed by atoms with Gasteiger partial charge in [-0.25, -0.2) is 4.79 Å². The highest BCUT2D eigenvalue weighted by molar-refractivity contribution is 6.37. The summed E-state index contributed by atoms with van der Waals surface area (Å²) in [5, 5.41) is 11.2. The van der Waals surface area contributed by atoms with Gasteiger partial charge >= 0.3 is 5.97 Å². The van der Waals surface area contributed by atoms with Crippen molar-refractivity contribution in [1.29, 1.82) is 0 Å². The second kappa shape index (κ2) is 8.16. The molecule has 0 aliphatic rings. The smallest absolute Gasteiger partial charge is 0.338 e. The number of esters is 1. The zero-order valence-corrected chi connectivity index (χ0v) is 15.3. The van der Waals surface area contributed by atoms with Crippen molar-refractivity contribution in [2.75, 3.05) is 13.7 Å². The molecule has 0 N–H and O–H groups in total. The number of methoxy groups -OCH3 is 1. The molecule has 0 saturated carbocycles. The maximum atomic E-state index is 12.1. The van der Waals surface area contributed by atoms with Gasteiger partial charge in [0.1, 0.15) is 0 Å². The molecule has 2 rings (SSSR count). The normalized spacial score (nSPS) is 10.3. The summed E-state index contributed by atoms with van der Waals surface area (Å²) in [6.07, 6.45) is 0. The Morgan fingerprint density at radius 1 is 1.12 bits per heavy atom. The summed E-state index contributed by atoms with van der Waals surface area (Å²) < 4.78 is 9.92. The van der Waals surface area contributed by atoms with Crippen molar-refractivity contribution >= 4 is 40.6 Å². The Hall–Kier alpha value is -2.64. The number of ether oxygens (including phenoxy) is 2. The standard InChI is InChI=1S/C17H13Cl2NO6/c1-9-3-4-10(7-14(9)20(23)24)15(21)8-26-17(22)11-5-12(18)16(25-2)13(19)6-11/h3-7H,8H2,1-2H3. The van der Waals surface area contributed by atoms with Crippen molar-refractivity contribution in [3.05, 3.63) is 67.2 Å². The van der Waals surface area contributed by atoms with Crippen LogP contribution in [-0.2, 0) is 4.74 Å². The predicted molar refractivity (Wildman–Crippen MR) is 95.5 cm³/mol. The number of benzene rings is 2. The molecule has 0 aliphatic heterocycles. The van der Waals surface area contributed by atoms with Crippen molar-refractivity contribution < 1.29 is 24.0 Å². The number of hydrogen-bond acceptors (Lipinski definition) is 6. The fourth-order valence-electron chi connectivity index (χ4n) is 2.15. The first-order chi connectivity index (χ1) is 12.2. The van der Waals surface area contributed by atoms with E-state index in [4.69, 9.17) is 32.7 Å². The zero-order chi connectivity index (χ0) is 19.4. The number of carbonyl (C=O) groups is 2. The molecule has 0 unspecified atom stereocenters. The lowest BCUT2D eigenvalue weighted by Crippen LogP contribution is -2.14. The van der Waals surface area contributed by atoms with Crippen LogP contribution in [0.5, 0.6) is 5.75 Å². The first-order valence-corrected chi connectivity index (χ1v) is 7.98. The maximum Gasteiger partial charge on any atom is 0.338 e. The van der Waals surface area contributed by atoms with Gasteiger partial charge in [0, 0.05) is 17.2 Å². The molecule has 0 saturated heterocycles. The molecule has 0 radical (unpaired) electrons. The van der Waals surface area contributed by atoms with Gasteiger partial charge in [0.05, 0.1) is 27.6 Å². The topological polar surface area (TPSA) is 95.7 Å². The summed E-state index contributed by atoms with van der Waals surface area (Å²) in [6, 6.07) is 6.63. The predicted octanol–water partition coefficient (Wildman–Crippen LogP) is 4.26. The molecule has 136 valence electrons. The maximum absolute atomic E-state index is 12.1. The van der Waals surface area contributed by atoms with Gasteiger partial charge in [-0.05, 0) is 19.1 Å². The highest BCUT2D eigenvalue weighted by atomic mass is 35.5. The van der Waals surface area contributed by atoms with Gasteiger partial charge in [0.15, 0.2) is 12.4 Å². The average Bonchev–Trinajstić information content (AvgIpc) is 2.59. The van der Waals surface area contributed by atoms with E-state index >= 15 is 0 Å². The van der Waals surface area contributed by atoms with E-state index in [1.165, 1.54) is 31.4 Å². The molecule has 0 aliphatic carbocycles. The lowest BCUT2D eigenvalue weighted by atomic mass is 10.1. The van der Waals surface area contributed by atoms with E-state index in [1.807, 2.05) is 0 Å². The van der Waals surface area contributed by atoms with E-state index in [1.54, 1.807) is 6.92 Å². The third kappa shape index (κ3) is 4.30. The minimum Gasteiger partial charge on any atom is -0.494 e. The third-order valence-corrected chi connectivity index (χ3v) is 4.06. The molecule has 0 atom stereocenters. The van der Waals surface area contributed by atoms with Gasteiger partial charge < -0.3 is 9.47 Å². The van der Waals surface area contributed by atoms with E-state index in [0.29, 0.717) is 5.56 Å². The Labute approximate surface area is 158 Å². The highest BCUT2D eigenvalue weighted by Gasteiger charge is 2.18. The van der Waals surface area contributed by atoms with Gasteiger partial charge in [-0.1, -0.05) is 35.3 Å². The van der Waals surface area contributed by atoms with Crippen LogP contribution in [0.4, 0.5) is 5.69 Å². The van der Waals surface area contributed by atoms with Crippen molar-refractivity contribution in [1.82, 2.24) is 0 Å². The molecular formula is C17H13Cl2NO6.